The smallest absolute Gasteiger partial charge is 0.416 e. The van der Waals surface area contributed by atoms with E-state index in [1.165, 1.54) is 11.0 Å². The third-order valence-corrected chi connectivity index (χ3v) is 12.8. The summed E-state index contributed by atoms with van der Waals surface area (Å²) in [6.45, 7) is 17.0. The van der Waals surface area contributed by atoms with Crippen LogP contribution in [-0.2, 0) is 9.16 Å². The summed E-state index contributed by atoms with van der Waals surface area (Å²) in [6, 6.07) is 2.98. The molecule has 3 rings (SSSR count). The Labute approximate surface area is 247 Å². The van der Waals surface area contributed by atoms with E-state index in [0.29, 0.717) is 35.8 Å². The summed E-state index contributed by atoms with van der Waals surface area (Å²) in [4.78, 5) is 31.0. The Hall–Kier alpha value is -2.05. The number of unbranched alkanes of at least 4 members (excludes halogenated alkanes) is 2. The maximum Gasteiger partial charge on any atom is 0.416 e. The van der Waals surface area contributed by atoms with Crippen molar-refractivity contribution in [1.29, 1.82) is 0 Å². The number of carbonyl (C=O) groups is 2. The molecular weight excluding hydrogens is 627 g/mol. The minimum Gasteiger partial charge on any atom is -0.493 e. The lowest BCUT2D eigenvalue weighted by Crippen LogP contribution is -2.57. The zero-order valence-electron chi connectivity index (χ0n) is 24.3. The summed E-state index contributed by atoms with van der Waals surface area (Å²) in [7, 11) is -0.862. The lowest BCUT2D eigenvalue weighted by Gasteiger charge is -2.44. The molecule has 2 heterocycles. The van der Waals surface area contributed by atoms with Gasteiger partial charge in [-0.2, -0.15) is 0 Å². The zero-order chi connectivity index (χ0) is 29.0. The Kier molecular flexibility index (Phi) is 10.6. The highest BCUT2D eigenvalue weighted by molar-refractivity contribution is 14.1. The normalized spacial score (nSPS) is 19.2. The highest BCUT2D eigenvalue weighted by Crippen LogP contribution is 2.45. The highest BCUT2D eigenvalue weighted by Gasteiger charge is 2.50. The monoisotopic (exact) mass is 670 g/mol. The summed E-state index contributed by atoms with van der Waals surface area (Å²) in [6.07, 6.45) is 5.69. The fourth-order valence-corrected chi connectivity index (χ4v) is 6.23. The average molecular weight is 671 g/mol. The second kappa shape index (κ2) is 13.1. The van der Waals surface area contributed by atoms with Crippen LogP contribution in [0.3, 0.4) is 0 Å². The Bertz CT molecular complexity index is 1100. The van der Waals surface area contributed by atoms with Gasteiger partial charge in [-0.25, -0.2) is 9.69 Å². The number of hydrogen-bond acceptors (Lipinski definition) is 6. The quantitative estimate of drug-likeness (QED) is 0.0810. The largest absolute Gasteiger partial charge is 0.493 e. The average Bonchev–Trinajstić information content (AvgIpc) is 3.23. The molecule has 2 atom stereocenters. The minimum atomic E-state index is -2.41. The third kappa shape index (κ3) is 7.00. The molecule has 39 heavy (non-hydrogen) atoms. The van der Waals surface area contributed by atoms with Crippen LogP contribution in [0.25, 0.3) is 0 Å². The van der Waals surface area contributed by atoms with E-state index in [-0.39, 0.29) is 17.6 Å². The van der Waals surface area contributed by atoms with E-state index in [4.69, 9.17) is 18.6 Å². The van der Waals surface area contributed by atoms with Crippen LogP contribution in [0.2, 0.25) is 18.1 Å². The standard InChI is InChI=1S/C29H43IN2O6Si/c1-9-14-37-28(34)32-22-18-25(36-15-12-10-11-13-30)24(35-6)17-21(22)26(33)31-19-20(2)16-23(31)27(32)38-39(7,8)29(3,4)5/h9,17-19,23,27H,1,10-16H2,2-8H3/t23-,27-/m0/s1. The van der Waals surface area contributed by atoms with Crippen molar-refractivity contribution < 1.29 is 28.2 Å². The van der Waals surface area contributed by atoms with Crippen molar-refractivity contribution in [3.8, 4) is 11.5 Å². The Morgan fingerprint density at radius 2 is 1.92 bits per heavy atom. The van der Waals surface area contributed by atoms with Gasteiger partial charge in [0.15, 0.2) is 26.0 Å². The summed E-state index contributed by atoms with van der Waals surface area (Å²) in [5.74, 6) is 0.692. The Balaban J connectivity index is 2.18. The number of alkyl halides is 1. The number of halogens is 1. The molecule has 10 heteroatoms. The number of anilines is 1. The van der Waals surface area contributed by atoms with Gasteiger partial charge in [-0.05, 0) is 61.2 Å². The lowest BCUT2D eigenvalue weighted by molar-refractivity contribution is 0.0589. The molecule has 0 saturated carbocycles. The molecule has 2 aliphatic heterocycles. The predicted octanol–water partition coefficient (Wildman–Crippen LogP) is 7.29. The number of amides is 2. The minimum absolute atomic E-state index is 0.0351. The van der Waals surface area contributed by atoms with Crippen LogP contribution in [0.15, 0.2) is 36.6 Å². The molecule has 1 aromatic carbocycles. The van der Waals surface area contributed by atoms with Gasteiger partial charge in [0, 0.05) is 12.3 Å². The van der Waals surface area contributed by atoms with Gasteiger partial charge in [0.25, 0.3) is 5.91 Å². The third-order valence-electron chi connectivity index (χ3n) is 7.62. The van der Waals surface area contributed by atoms with Crippen molar-refractivity contribution in [3.63, 3.8) is 0 Å². The summed E-state index contributed by atoms with van der Waals surface area (Å²) in [5, 5.41) is -0.124. The van der Waals surface area contributed by atoms with Crippen LogP contribution in [0, 0.1) is 0 Å². The SMILES string of the molecule is C=CCOC(=O)N1c2cc(OCCCCCI)c(OC)cc2C(=O)N2C=C(C)C[C@H]2[C@@H]1O[Si](C)(C)C(C)(C)C. The topological polar surface area (TPSA) is 77.5 Å². The maximum absolute atomic E-state index is 14.0. The second-order valence-electron chi connectivity index (χ2n) is 11.6. The first kappa shape index (κ1) is 31.5. The number of carbonyl (C=O) groups excluding carboxylic acids is 2. The van der Waals surface area contributed by atoms with E-state index < -0.39 is 26.7 Å². The molecule has 2 amide bonds. The van der Waals surface area contributed by atoms with Gasteiger partial charge in [0.2, 0.25) is 0 Å². The number of rotatable bonds is 11. The molecule has 0 N–H and O–H groups in total. The van der Waals surface area contributed by atoms with E-state index in [1.807, 2.05) is 13.1 Å². The molecule has 216 valence electrons. The van der Waals surface area contributed by atoms with Crippen molar-refractivity contribution in [3.05, 3.63) is 42.1 Å². The van der Waals surface area contributed by atoms with Gasteiger partial charge in [0.05, 0.1) is 31.0 Å². The summed E-state index contributed by atoms with van der Waals surface area (Å²) >= 11 is 2.37. The fourth-order valence-electron chi connectivity index (χ4n) is 4.47. The molecule has 0 unspecified atom stereocenters. The maximum atomic E-state index is 14.0. The number of methoxy groups -OCH3 is 1. The number of ether oxygens (including phenoxy) is 3. The van der Waals surface area contributed by atoms with Crippen molar-refractivity contribution in [2.45, 2.75) is 83.8 Å². The molecule has 0 aromatic heterocycles. The first-order valence-corrected chi connectivity index (χ1v) is 17.9. The first-order valence-electron chi connectivity index (χ1n) is 13.5. The molecular formula is C29H43IN2O6Si. The molecule has 2 aliphatic rings. The predicted molar refractivity (Wildman–Crippen MR) is 166 cm³/mol. The fraction of sp³-hybridized carbons (Fsp3) is 0.586. The number of benzene rings is 1. The van der Waals surface area contributed by atoms with E-state index >= 15 is 0 Å². The second-order valence-corrected chi connectivity index (χ2v) is 17.4. The van der Waals surface area contributed by atoms with Gasteiger partial charge in [-0.15, -0.1) is 0 Å². The van der Waals surface area contributed by atoms with E-state index in [0.717, 1.165) is 29.3 Å². The Morgan fingerprint density at radius 1 is 1.21 bits per heavy atom. The van der Waals surface area contributed by atoms with Crippen molar-refractivity contribution >= 4 is 48.6 Å². The zero-order valence-corrected chi connectivity index (χ0v) is 27.5. The van der Waals surface area contributed by atoms with Crippen LogP contribution in [0.1, 0.15) is 63.7 Å². The Morgan fingerprint density at radius 3 is 2.54 bits per heavy atom. The van der Waals surface area contributed by atoms with Crippen LogP contribution >= 0.6 is 22.6 Å². The van der Waals surface area contributed by atoms with Crippen molar-refractivity contribution in [2.24, 2.45) is 0 Å². The number of hydrogen-bond donors (Lipinski definition) is 0. The van der Waals surface area contributed by atoms with Gasteiger partial charge in [-0.3, -0.25) is 4.79 Å². The van der Waals surface area contributed by atoms with E-state index in [9.17, 15) is 9.59 Å². The number of nitrogens with zero attached hydrogens (tertiary/aromatic N) is 2. The summed E-state index contributed by atoms with van der Waals surface area (Å²) in [5.41, 5.74) is 1.76. The molecule has 0 fully saturated rings. The van der Waals surface area contributed by atoms with Crippen LogP contribution in [-0.4, -0.2) is 62.2 Å². The van der Waals surface area contributed by atoms with Crippen LogP contribution < -0.4 is 14.4 Å². The van der Waals surface area contributed by atoms with Gasteiger partial charge in [0.1, 0.15) is 6.61 Å². The molecule has 8 nitrogen and oxygen atoms in total. The van der Waals surface area contributed by atoms with Gasteiger partial charge >= 0.3 is 6.09 Å². The molecule has 0 aliphatic carbocycles. The van der Waals surface area contributed by atoms with Crippen LogP contribution in [0.5, 0.6) is 11.5 Å². The highest BCUT2D eigenvalue weighted by atomic mass is 127. The first-order chi connectivity index (χ1) is 18.4. The van der Waals surface area contributed by atoms with Crippen molar-refractivity contribution in [2.75, 3.05) is 29.7 Å². The van der Waals surface area contributed by atoms with Crippen molar-refractivity contribution in [1.82, 2.24) is 4.90 Å². The van der Waals surface area contributed by atoms with Gasteiger partial charge < -0.3 is 23.5 Å². The van der Waals surface area contributed by atoms with Gasteiger partial charge in [-0.1, -0.05) is 61.6 Å². The van der Waals surface area contributed by atoms with E-state index in [2.05, 4.69) is 63.0 Å². The van der Waals surface area contributed by atoms with Crippen LogP contribution in [0.4, 0.5) is 10.5 Å². The molecule has 0 bridgehead atoms. The number of fused-ring (bicyclic) bond motifs is 2. The summed E-state index contributed by atoms with van der Waals surface area (Å²) < 4.78 is 25.4. The van der Waals surface area contributed by atoms with E-state index in [1.54, 1.807) is 24.1 Å². The molecule has 0 spiro atoms. The molecule has 0 radical (unpaired) electrons. The lowest BCUT2D eigenvalue weighted by atomic mass is 10.1. The molecule has 0 saturated heterocycles. The molecule has 1 aromatic rings.